The Labute approximate surface area is 193 Å². The van der Waals surface area contributed by atoms with Gasteiger partial charge in [-0.2, -0.15) is 0 Å². The van der Waals surface area contributed by atoms with Crippen LogP contribution < -0.4 is 9.47 Å². The Morgan fingerprint density at radius 3 is 2.33 bits per heavy atom. The van der Waals surface area contributed by atoms with Crippen molar-refractivity contribution < 1.29 is 29.3 Å². The fourth-order valence-electron chi connectivity index (χ4n) is 3.71. The number of aliphatic hydroxyl groups is 1. The maximum Gasteiger partial charge on any atom is 0.295 e. The van der Waals surface area contributed by atoms with E-state index in [1.807, 2.05) is 25.9 Å². The molecule has 0 spiro atoms. The molecule has 3 rings (SSSR count). The van der Waals surface area contributed by atoms with Gasteiger partial charge in [-0.3, -0.25) is 9.59 Å². The molecule has 176 valence electrons. The Morgan fingerprint density at radius 1 is 1.09 bits per heavy atom. The number of Topliss-reactive ketones (excluding diaryl/α,β-unsaturated/α-hetero) is 1. The summed E-state index contributed by atoms with van der Waals surface area (Å²) in [5.74, 6) is -1.10. The van der Waals surface area contributed by atoms with Crippen molar-refractivity contribution in [1.29, 1.82) is 0 Å². The van der Waals surface area contributed by atoms with Crippen LogP contribution in [0.1, 0.15) is 30.5 Å². The second-order valence-electron chi connectivity index (χ2n) is 8.10. The fraction of sp³-hybridized carbons (Fsp3) is 0.360. The third-order valence-electron chi connectivity index (χ3n) is 5.46. The number of carbonyl (C=O) groups is 2. The molecule has 2 aromatic rings. The zero-order valence-corrected chi connectivity index (χ0v) is 19.4. The second kappa shape index (κ2) is 10.4. The summed E-state index contributed by atoms with van der Waals surface area (Å²) in [4.78, 5) is 29.4. The first-order valence-electron chi connectivity index (χ1n) is 10.8. The lowest BCUT2D eigenvalue weighted by Gasteiger charge is -2.26. The first-order chi connectivity index (χ1) is 15.8. The van der Waals surface area contributed by atoms with Crippen LogP contribution in [0.15, 0.2) is 48.0 Å². The molecular weight excluding hydrogens is 424 g/mol. The summed E-state index contributed by atoms with van der Waals surface area (Å²) in [6.45, 7) is 3.43. The highest BCUT2D eigenvalue weighted by Crippen LogP contribution is 2.41. The predicted octanol–water partition coefficient (Wildman–Crippen LogP) is 3.17. The molecule has 1 atom stereocenters. The summed E-state index contributed by atoms with van der Waals surface area (Å²) in [7, 11) is 5.21. The number of likely N-dealkylation sites (N-methyl/N-ethyl adjacent to an activating group) is 1. The van der Waals surface area contributed by atoms with E-state index in [-0.39, 0.29) is 16.9 Å². The van der Waals surface area contributed by atoms with Crippen LogP contribution in [0, 0.1) is 0 Å². The van der Waals surface area contributed by atoms with Crippen LogP contribution in [0.2, 0.25) is 0 Å². The molecular formula is C25H30N2O6. The van der Waals surface area contributed by atoms with Crippen molar-refractivity contribution in [3.8, 4) is 17.2 Å². The smallest absolute Gasteiger partial charge is 0.295 e. The van der Waals surface area contributed by atoms with Crippen molar-refractivity contribution >= 4 is 17.4 Å². The number of hydrogen-bond acceptors (Lipinski definition) is 7. The summed E-state index contributed by atoms with van der Waals surface area (Å²) in [5.41, 5.74) is 0.641. The molecule has 1 fully saturated rings. The van der Waals surface area contributed by atoms with Gasteiger partial charge in [-0.1, -0.05) is 19.1 Å². The molecule has 0 aromatic heterocycles. The van der Waals surface area contributed by atoms with Crippen LogP contribution in [0.5, 0.6) is 17.2 Å². The normalized spacial score (nSPS) is 17.6. The number of methoxy groups -OCH3 is 1. The van der Waals surface area contributed by atoms with E-state index >= 15 is 0 Å². The number of ether oxygens (including phenoxy) is 2. The van der Waals surface area contributed by atoms with Crippen molar-refractivity contribution in [2.75, 3.05) is 40.9 Å². The van der Waals surface area contributed by atoms with E-state index in [0.29, 0.717) is 36.8 Å². The lowest BCUT2D eigenvalue weighted by Crippen LogP contribution is -2.35. The average Bonchev–Trinajstić information content (AvgIpc) is 3.06. The summed E-state index contributed by atoms with van der Waals surface area (Å²) in [6, 6.07) is 10.7. The number of ketones is 1. The van der Waals surface area contributed by atoms with Gasteiger partial charge < -0.3 is 29.5 Å². The molecule has 0 bridgehead atoms. The van der Waals surface area contributed by atoms with Gasteiger partial charge in [0.2, 0.25) is 0 Å². The first-order valence-corrected chi connectivity index (χ1v) is 10.8. The number of aromatic hydroxyl groups is 1. The standard InChI is InChI=1S/C25H30N2O6/c1-5-14-33-17-8-6-16(7-9-17)22-21(24(30)25(31)27(22)13-12-26(2)3)23(29)19-11-10-18(32-4)15-20(19)28/h6-11,15,22,28-29H,5,12-14H2,1-4H3/t22-/m0/s1. The monoisotopic (exact) mass is 454 g/mol. The number of aliphatic hydroxyl groups excluding tert-OH is 1. The van der Waals surface area contributed by atoms with Crippen molar-refractivity contribution in [2.24, 2.45) is 0 Å². The van der Waals surface area contributed by atoms with E-state index < -0.39 is 23.5 Å². The SMILES string of the molecule is CCCOc1ccc([C@H]2C(=C(O)c3ccc(OC)cc3O)C(=O)C(=O)N2CCN(C)C)cc1. The van der Waals surface area contributed by atoms with Crippen molar-refractivity contribution in [2.45, 2.75) is 19.4 Å². The molecule has 2 N–H and O–H groups in total. The molecule has 0 saturated carbocycles. The second-order valence-corrected chi connectivity index (χ2v) is 8.10. The topological polar surface area (TPSA) is 99.5 Å². The number of carbonyl (C=O) groups excluding carboxylic acids is 2. The highest BCUT2D eigenvalue weighted by atomic mass is 16.5. The molecule has 8 nitrogen and oxygen atoms in total. The van der Waals surface area contributed by atoms with Crippen molar-refractivity contribution in [3.63, 3.8) is 0 Å². The Morgan fingerprint density at radius 2 is 1.76 bits per heavy atom. The van der Waals surface area contributed by atoms with Gasteiger partial charge in [0.1, 0.15) is 23.0 Å². The van der Waals surface area contributed by atoms with Gasteiger partial charge >= 0.3 is 0 Å². The van der Waals surface area contributed by atoms with Crippen LogP contribution in [0.25, 0.3) is 5.76 Å². The molecule has 1 saturated heterocycles. The summed E-state index contributed by atoms with van der Waals surface area (Å²) in [6.07, 6.45) is 0.873. The van der Waals surface area contributed by atoms with Crippen molar-refractivity contribution in [3.05, 3.63) is 59.2 Å². The molecule has 1 aliphatic rings. The third-order valence-corrected chi connectivity index (χ3v) is 5.46. The number of likely N-dealkylation sites (tertiary alicyclic amines) is 1. The lowest BCUT2D eigenvalue weighted by molar-refractivity contribution is -0.140. The summed E-state index contributed by atoms with van der Waals surface area (Å²) in [5, 5.41) is 21.5. The largest absolute Gasteiger partial charge is 0.507 e. The quantitative estimate of drug-likeness (QED) is 0.341. The number of hydrogen-bond donors (Lipinski definition) is 2. The summed E-state index contributed by atoms with van der Waals surface area (Å²) < 4.78 is 10.7. The number of nitrogens with zero attached hydrogens (tertiary/aromatic N) is 2. The Kier molecular flexibility index (Phi) is 7.60. The molecule has 1 heterocycles. The zero-order valence-electron chi connectivity index (χ0n) is 19.4. The molecule has 0 radical (unpaired) electrons. The van der Waals surface area contributed by atoms with Crippen LogP contribution in [0.4, 0.5) is 0 Å². The van der Waals surface area contributed by atoms with Gasteiger partial charge in [0, 0.05) is 19.2 Å². The van der Waals surface area contributed by atoms with E-state index in [1.165, 1.54) is 24.1 Å². The van der Waals surface area contributed by atoms with Gasteiger partial charge in [-0.05, 0) is 50.3 Å². The van der Waals surface area contributed by atoms with E-state index in [1.54, 1.807) is 30.3 Å². The van der Waals surface area contributed by atoms with E-state index in [9.17, 15) is 19.8 Å². The summed E-state index contributed by atoms with van der Waals surface area (Å²) >= 11 is 0. The van der Waals surface area contributed by atoms with Gasteiger partial charge in [0.25, 0.3) is 11.7 Å². The molecule has 8 heteroatoms. The van der Waals surface area contributed by atoms with Gasteiger partial charge in [0.15, 0.2) is 0 Å². The van der Waals surface area contributed by atoms with Gasteiger partial charge in [-0.25, -0.2) is 0 Å². The number of phenolic OH excluding ortho intramolecular Hbond substituents is 1. The van der Waals surface area contributed by atoms with E-state index in [4.69, 9.17) is 9.47 Å². The Bertz CT molecular complexity index is 1050. The first kappa shape index (κ1) is 24.1. The number of benzene rings is 2. The maximum absolute atomic E-state index is 13.0. The van der Waals surface area contributed by atoms with Gasteiger partial charge in [-0.15, -0.1) is 0 Å². The lowest BCUT2D eigenvalue weighted by atomic mass is 9.95. The Hall–Kier alpha value is -3.52. The predicted molar refractivity (Wildman–Crippen MR) is 124 cm³/mol. The molecule has 1 aliphatic heterocycles. The van der Waals surface area contributed by atoms with E-state index in [0.717, 1.165) is 6.42 Å². The molecule has 0 aliphatic carbocycles. The minimum absolute atomic E-state index is 0.0503. The molecule has 33 heavy (non-hydrogen) atoms. The number of phenols is 1. The fourth-order valence-corrected chi connectivity index (χ4v) is 3.71. The van der Waals surface area contributed by atoms with Gasteiger partial charge in [0.05, 0.1) is 30.9 Å². The highest BCUT2D eigenvalue weighted by Gasteiger charge is 2.46. The zero-order chi connectivity index (χ0) is 24.1. The van der Waals surface area contributed by atoms with Crippen LogP contribution >= 0.6 is 0 Å². The van der Waals surface area contributed by atoms with Crippen LogP contribution in [-0.4, -0.2) is 72.6 Å². The van der Waals surface area contributed by atoms with Crippen LogP contribution in [-0.2, 0) is 9.59 Å². The minimum Gasteiger partial charge on any atom is -0.507 e. The highest BCUT2D eigenvalue weighted by molar-refractivity contribution is 6.46. The average molecular weight is 455 g/mol. The maximum atomic E-state index is 13.0. The van der Waals surface area contributed by atoms with Crippen LogP contribution in [0.3, 0.4) is 0 Å². The molecule has 2 aromatic carbocycles. The number of amides is 1. The Balaban J connectivity index is 2.10. The molecule has 1 amide bonds. The number of rotatable bonds is 9. The van der Waals surface area contributed by atoms with E-state index in [2.05, 4.69) is 0 Å². The van der Waals surface area contributed by atoms with Crippen molar-refractivity contribution in [1.82, 2.24) is 9.80 Å². The third kappa shape index (κ3) is 5.12. The minimum atomic E-state index is -0.799. The molecule has 0 unspecified atom stereocenters.